The lowest BCUT2D eigenvalue weighted by atomic mass is 10.1. The first-order valence-corrected chi connectivity index (χ1v) is 8.82. The number of hydrogen-bond acceptors (Lipinski definition) is 5. The van der Waals surface area contributed by atoms with Crippen LogP contribution >= 0.6 is 11.6 Å². The Kier molecular flexibility index (Phi) is 6.01. The zero-order valence-corrected chi connectivity index (χ0v) is 15.0. The second kappa shape index (κ2) is 8.62. The van der Waals surface area contributed by atoms with E-state index in [2.05, 4.69) is 15.3 Å². The molecule has 1 fully saturated rings. The molecule has 0 atom stereocenters. The van der Waals surface area contributed by atoms with Crippen molar-refractivity contribution in [3.63, 3.8) is 0 Å². The number of rotatable bonds is 6. The summed E-state index contributed by atoms with van der Waals surface area (Å²) in [5.74, 6) is 0.466. The predicted octanol–water partition coefficient (Wildman–Crippen LogP) is 1.38. The first-order valence-electron chi connectivity index (χ1n) is 8.44. The summed E-state index contributed by atoms with van der Waals surface area (Å²) in [6, 6.07) is 9.25. The fourth-order valence-electron chi connectivity index (χ4n) is 2.80. The maximum absolute atomic E-state index is 12.3. The highest BCUT2D eigenvalue weighted by atomic mass is 35.5. The molecule has 1 aliphatic heterocycles. The van der Waals surface area contributed by atoms with Gasteiger partial charge in [0.25, 0.3) is 5.91 Å². The van der Waals surface area contributed by atoms with Gasteiger partial charge in [0.1, 0.15) is 17.8 Å². The van der Waals surface area contributed by atoms with Crippen LogP contribution in [0.3, 0.4) is 0 Å². The first kappa shape index (κ1) is 18.1. The van der Waals surface area contributed by atoms with Crippen molar-refractivity contribution in [3.8, 4) is 0 Å². The third kappa shape index (κ3) is 4.70. The molecular weight excluding hydrogens is 354 g/mol. The third-order valence-corrected chi connectivity index (χ3v) is 4.50. The van der Waals surface area contributed by atoms with E-state index in [1.807, 2.05) is 29.2 Å². The molecule has 26 heavy (non-hydrogen) atoms. The fraction of sp³-hybridized carbons (Fsp3) is 0.333. The monoisotopic (exact) mass is 373 g/mol. The van der Waals surface area contributed by atoms with Gasteiger partial charge in [-0.3, -0.25) is 9.59 Å². The van der Waals surface area contributed by atoms with E-state index in [9.17, 15) is 9.59 Å². The second-order valence-electron chi connectivity index (χ2n) is 6.03. The zero-order valence-electron chi connectivity index (χ0n) is 14.3. The summed E-state index contributed by atoms with van der Waals surface area (Å²) in [4.78, 5) is 35.2. The van der Waals surface area contributed by atoms with Crippen molar-refractivity contribution >= 4 is 29.7 Å². The van der Waals surface area contributed by atoms with E-state index in [1.165, 1.54) is 6.33 Å². The number of nitrogens with zero attached hydrogens (tertiary/aromatic N) is 4. The third-order valence-electron chi connectivity index (χ3n) is 4.26. The number of carbonyl (C=O) groups excluding carboxylic acids is 2. The summed E-state index contributed by atoms with van der Waals surface area (Å²) >= 11 is 5.96. The van der Waals surface area contributed by atoms with Crippen molar-refractivity contribution in [1.29, 1.82) is 0 Å². The summed E-state index contributed by atoms with van der Waals surface area (Å²) in [7, 11) is 0. The van der Waals surface area contributed by atoms with Crippen molar-refractivity contribution in [2.45, 2.75) is 6.42 Å². The molecule has 0 aliphatic carbocycles. The molecule has 0 bridgehead atoms. The zero-order chi connectivity index (χ0) is 18.4. The normalized spacial score (nSPS) is 14.2. The Bertz CT molecular complexity index is 778. The Labute approximate surface area is 157 Å². The molecule has 1 aromatic heterocycles. The van der Waals surface area contributed by atoms with Gasteiger partial charge in [0, 0.05) is 43.8 Å². The highest BCUT2D eigenvalue weighted by Crippen LogP contribution is 2.14. The van der Waals surface area contributed by atoms with Crippen LogP contribution in [0.4, 0.5) is 5.82 Å². The first-order chi connectivity index (χ1) is 12.7. The smallest absolute Gasteiger partial charge is 0.270 e. The van der Waals surface area contributed by atoms with Gasteiger partial charge in [0.05, 0.1) is 0 Å². The van der Waals surface area contributed by atoms with Crippen LogP contribution in [0.15, 0.2) is 36.7 Å². The van der Waals surface area contributed by atoms with Crippen LogP contribution in [0.25, 0.3) is 0 Å². The molecular formula is C18H20ClN5O2. The minimum atomic E-state index is -0.234. The molecule has 7 nitrogen and oxygen atoms in total. The van der Waals surface area contributed by atoms with Crippen LogP contribution in [-0.4, -0.2) is 59.9 Å². The number of benzene rings is 1. The molecule has 0 unspecified atom stereocenters. The van der Waals surface area contributed by atoms with Crippen molar-refractivity contribution in [2.24, 2.45) is 0 Å². The lowest BCUT2D eigenvalue weighted by Gasteiger charge is -2.33. The molecule has 1 saturated heterocycles. The molecule has 2 aromatic rings. The van der Waals surface area contributed by atoms with Crippen LogP contribution < -0.4 is 10.2 Å². The number of hydrogen-bond donors (Lipinski definition) is 1. The second-order valence-corrected chi connectivity index (χ2v) is 6.46. The SMILES string of the molecule is O=CN1CCN(c2cc(C(=O)NCCc3cccc(Cl)c3)ncn2)CC1. The number of aromatic nitrogens is 2. The maximum Gasteiger partial charge on any atom is 0.270 e. The van der Waals surface area contributed by atoms with E-state index >= 15 is 0 Å². The largest absolute Gasteiger partial charge is 0.353 e. The maximum atomic E-state index is 12.3. The molecule has 2 heterocycles. The van der Waals surface area contributed by atoms with E-state index in [4.69, 9.17) is 11.6 Å². The van der Waals surface area contributed by atoms with Crippen LogP contribution in [0.1, 0.15) is 16.1 Å². The standard InChI is InChI=1S/C18H20ClN5O2/c19-15-3-1-2-14(10-15)4-5-20-18(26)16-11-17(22-12-21-16)24-8-6-23(13-25)7-9-24/h1-3,10-13H,4-9H2,(H,20,26). The average Bonchev–Trinajstić information content (AvgIpc) is 2.68. The van der Waals surface area contributed by atoms with Gasteiger partial charge in [0.2, 0.25) is 6.41 Å². The Morgan fingerprint density at radius 1 is 1.19 bits per heavy atom. The number of piperazine rings is 1. The molecule has 2 amide bonds. The number of anilines is 1. The molecule has 136 valence electrons. The summed E-state index contributed by atoms with van der Waals surface area (Å²) in [6.45, 7) is 3.16. The Morgan fingerprint density at radius 2 is 2.00 bits per heavy atom. The number of halogens is 1. The van der Waals surface area contributed by atoms with Gasteiger partial charge in [-0.25, -0.2) is 9.97 Å². The molecule has 8 heteroatoms. The lowest BCUT2D eigenvalue weighted by molar-refractivity contribution is -0.118. The van der Waals surface area contributed by atoms with E-state index in [0.29, 0.717) is 55.7 Å². The number of amides is 2. The Hall–Kier alpha value is -2.67. The Balaban J connectivity index is 1.55. The van der Waals surface area contributed by atoms with Gasteiger partial charge in [-0.2, -0.15) is 0 Å². The molecule has 3 rings (SSSR count). The topological polar surface area (TPSA) is 78.4 Å². The highest BCUT2D eigenvalue weighted by molar-refractivity contribution is 6.30. The van der Waals surface area contributed by atoms with E-state index in [1.54, 1.807) is 11.0 Å². The van der Waals surface area contributed by atoms with Crippen LogP contribution in [0.5, 0.6) is 0 Å². The van der Waals surface area contributed by atoms with E-state index < -0.39 is 0 Å². The van der Waals surface area contributed by atoms with E-state index in [-0.39, 0.29) is 5.91 Å². The van der Waals surface area contributed by atoms with Gasteiger partial charge in [0.15, 0.2) is 0 Å². The molecule has 0 spiro atoms. The minimum Gasteiger partial charge on any atom is -0.353 e. The van der Waals surface area contributed by atoms with Gasteiger partial charge >= 0.3 is 0 Å². The number of nitrogens with one attached hydrogen (secondary N) is 1. The van der Waals surface area contributed by atoms with Crippen molar-refractivity contribution in [2.75, 3.05) is 37.6 Å². The van der Waals surface area contributed by atoms with Crippen LogP contribution in [0.2, 0.25) is 5.02 Å². The summed E-state index contributed by atoms with van der Waals surface area (Å²) < 4.78 is 0. The van der Waals surface area contributed by atoms with Gasteiger partial charge in [-0.05, 0) is 24.1 Å². The summed E-state index contributed by atoms with van der Waals surface area (Å²) in [5, 5.41) is 3.55. The summed E-state index contributed by atoms with van der Waals surface area (Å²) in [6.07, 6.45) is 2.95. The molecule has 0 radical (unpaired) electrons. The fourth-order valence-corrected chi connectivity index (χ4v) is 3.02. The van der Waals surface area contributed by atoms with Crippen LogP contribution in [0, 0.1) is 0 Å². The summed E-state index contributed by atoms with van der Waals surface area (Å²) in [5.41, 5.74) is 1.40. The van der Waals surface area contributed by atoms with Crippen molar-refractivity contribution in [3.05, 3.63) is 52.9 Å². The number of carbonyl (C=O) groups is 2. The molecule has 1 aliphatic rings. The highest BCUT2D eigenvalue weighted by Gasteiger charge is 2.18. The average molecular weight is 374 g/mol. The van der Waals surface area contributed by atoms with Crippen LogP contribution in [-0.2, 0) is 11.2 Å². The van der Waals surface area contributed by atoms with Crippen molar-refractivity contribution < 1.29 is 9.59 Å². The van der Waals surface area contributed by atoms with Gasteiger partial charge in [-0.1, -0.05) is 23.7 Å². The lowest BCUT2D eigenvalue weighted by Crippen LogP contribution is -2.46. The Morgan fingerprint density at radius 3 is 2.73 bits per heavy atom. The van der Waals surface area contributed by atoms with E-state index in [0.717, 1.165) is 12.0 Å². The minimum absolute atomic E-state index is 0.234. The van der Waals surface area contributed by atoms with Gasteiger partial charge < -0.3 is 15.1 Å². The quantitative estimate of drug-likeness (QED) is 0.774. The molecule has 1 N–H and O–H groups in total. The molecule has 0 saturated carbocycles. The van der Waals surface area contributed by atoms with Crippen molar-refractivity contribution in [1.82, 2.24) is 20.2 Å². The molecule has 1 aromatic carbocycles. The predicted molar refractivity (Wildman–Crippen MR) is 99.4 cm³/mol. The van der Waals surface area contributed by atoms with Gasteiger partial charge in [-0.15, -0.1) is 0 Å².